The third-order valence-corrected chi connectivity index (χ3v) is 5.10. The Balaban J connectivity index is 2.00. The van der Waals surface area contributed by atoms with E-state index in [2.05, 4.69) is 10.6 Å². The van der Waals surface area contributed by atoms with Crippen LogP contribution in [0.25, 0.3) is 0 Å². The van der Waals surface area contributed by atoms with E-state index in [0.717, 1.165) is 5.69 Å². The van der Waals surface area contributed by atoms with Gasteiger partial charge in [0.1, 0.15) is 9.84 Å². The van der Waals surface area contributed by atoms with E-state index >= 15 is 0 Å². The highest BCUT2D eigenvalue weighted by molar-refractivity contribution is 7.91. The lowest BCUT2D eigenvalue weighted by molar-refractivity contribution is 0.0956. The van der Waals surface area contributed by atoms with Crippen LogP contribution in [0, 0.1) is 0 Å². The van der Waals surface area contributed by atoms with Gasteiger partial charge in [-0.3, -0.25) is 4.79 Å². The molecule has 1 saturated heterocycles. The molecule has 2 rings (SSSR count). The summed E-state index contributed by atoms with van der Waals surface area (Å²) in [5.41, 5.74) is 1.47. The monoisotopic (exact) mass is 296 g/mol. The first-order valence-corrected chi connectivity index (χ1v) is 8.67. The van der Waals surface area contributed by atoms with Gasteiger partial charge < -0.3 is 10.6 Å². The topological polar surface area (TPSA) is 75.3 Å². The van der Waals surface area contributed by atoms with Crippen molar-refractivity contribution < 1.29 is 13.2 Å². The van der Waals surface area contributed by atoms with E-state index in [4.69, 9.17) is 0 Å². The van der Waals surface area contributed by atoms with E-state index in [-0.39, 0.29) is 23.5 Å². The first-order valence-electron chi connectivity index (χ1n) is 6.85. The molecule has 1 heterocycles. The summed E-state index contributed by atoms with van der Waals surface area (Å²) in [7, 11) is -2.84. The van der Waals surface area contributed by atoms with Crippen molar-refractivity contribution >= 4 is 21.4 Å². The summed E-state index contributed by atoms with van der Waals surface area (Å²) >= 11 is 0. The number of rotatable bonds is 4. The average molecular weight is 296 g/mol. The van der Waals surface area contributed by atoms with Crippen LogP contribution in [0.15, 0.2) is 24.3 Å². The lowest BCUT2D eigenvalue weighted by atomic mass is 10.1. The molecule has 1 fully saturated rings. The molecule has 6 heteroatoms. The predicted molar refractivity (Wildman–Crippen MR) is 79.7 cm³/mol. The van der Waals surface area contributed by atoms with Gasteiger partial charge in [0.15, 0.2) is 0 Å². The summed E-state index contributed by atoms with van der Waals surface area (Å²) in [5, 5.41) is 6.07. The molecule has 5 nitrogen and oxygen atoms in total. The van der Waals surface area contributed by atoms with E-state index in [9.17, 15) is 13.2 Å². The highest BCUT2D eigenvalue weighted by atomic mass is 32.2. The number of carbonyl (C=O) groups is 1. The Hall–Kier alpha value is -1.56. The van der Waals surface area contributed by atoms with Crippen molar-refractivity contribution in [2.75, 3.05) is 23.4 Å². The molecule has 0 atom stereocenters. The van der Waals surface area contributed by atoms with E-state index in [0.29, 0.717) is 24.9 Å². The van der Waals surface area contributed by atoms with Crippen LogP contribution in [0.5, 0.6) is 0 Å². The molecule has 0 spiro atoms. The lowest BCUT2D eigenvalue weighted by Gasteiger charge is -2.24. The van der Waals surface area contributed by atoms with Gasteiger partial charge in [0.2, 0.25) is 0 Å². The Morgan fingerprint density at radius 2 is 2.00 bits per heavy atom. The molecule has 1 aromatic rings. The van der Waals surface area contributed by atoms with Crippen molar-refractivity contribution in [1.82, 2.24) is 5.32 Å². The van der Waals surface area contributed by atoms with Crippen LogP contribution in [0.4, 0.5) is 5.69 Å². The summed E-state index contributed by atoms with van der Waals surface area (Å²) < 4.78 is 22.8. The molecule has 0 aliphatic carbocycles. The number of anilines is 1. The maximum atomic E-state index is 11.8. The maximum Gasteiger partial charge on any atom is 0.251 e. The molecule has 1 aliphatic rings. The first-order chi connectivity index (χ1) is 9.50. The second kappa shape index (κ2) is 6.26. The van der Waals surface area contributed by atoms with Crippen molar-refractivity contribution in [2.24, 2.45) is 0 Å². The van der Waals surface area contributed by atoms with Gasteiger partial charge in [-0.05, 0) is 38.0 Å². The van der Waals surface area contributed by atoms with Crippen molar-refractivity contribution in [3.8, 4) is 0 Å². The van der Waals surface area contributed by atoms with Gasteiger partial charge in [-0.1, -0.05) is 6.07 Å². The van der Waals surface area contributed by atoms with E-state index < -0.39 is 9.84 Å². The number of amides is 1. The molecule has 1 aromatic carbocycles. The minimum absolute atomic E-state index is 0.0950. The smallest absolute Gasteiger partial charge is 0.251 e. The predicted octanol–water partition coefficient (Wildman–Crippen LogP) is 1.43. The fourth-order valence-electron chi connectivity index (χ4n) is 2.28. The molecular formula is C14H20N2O3S. The fourth-order valence-corrected chi connectivity index (χ4v) is 3.77. The number of hydrogen-bond acceptors (Lipinski definition) is 4. The Morgan fingerprint density at radius 1 is 1.30 bits per heavy atom. The van der Waals surface area contributed by atoms with Crippen LogP contribution in [-0.4, -0.2) is 38.4 Å². The Bertz CT molecular complexity index is 570. The molecule has 0 aromatic heterocycles. The van der Waals surface area contributed by atoms with Crippen molar-refractivity contribution in [2.45, 2.75) is 25.8 Å². The number of carbonyl (C=O) groups excluding carboxylic acids is 1. The zero-order valence-corrected chi connectivity index (χ0v) is 12.4. The molecule has 0 saturated carbocycles. The molecule has 110 valence electrons. The number of nitrogens with one attached hydrogen (secondary N) is 2. The summed E-state index contributed by atoms with van der Waals surface area (Å²) in [6.07, 6.45) is 1.24. The minimum atomic E-state index is -2.84. The van der Waals surface area contributed by atoms with Crippen LogP contribution >= 0.6 is 0 Å². The van der Waals surface area contributed by atoms with Gasteiger partial charge in [-0.15, -0.1) is 0 Å². The molecule has 0 radical (unpaired) electrons. The van der Waals surface area contributed by atoms with Gasteiger partial charge in [0.05, 0.1) is 11.5 Å². The maximum absolute atomic E-state index is 11.8. The summed E-state index contributed by atoms with van der Waals surface area (Å²) in [6.45, 7) is 2.47. The standard InChI is InChI=1S/C14H20N2O3S/c1-2-15-14(17)11-4-3-5-13(10-11)16-12-6-8-20(18,19)9-7-12/h3-5,10,12,16H,2,6-9H2,1H3,(H,15,17). The van der Waals surface area contributed by atoms with Gasteiger partial charge in [0.25, 0.3) is 5.91 Å². The highest BCUT2D eigenvalue weighted by Crippen LogP contribution is 2.18. The van der Waals surface area contributed by atoms with Gasteiger partial charge >= 0.3 is 0 Å². The summed E-state index contributed by atoms with van der Waals surface area (Å²) in [6, 6.07) is 7.44. The Labute approximate surface area is 119 Å². The first kappa shape index (κ1) is 14.8. The molecule has 1 amide bonds. The summed E-state index contributed by atoms with van der Waals surface area (Å²) in [4.78, 5) is 11.8. The minimum Gasteiger partial charge on any atom is -0.382 e. The third kappa shape index (κ3) is 3.96. The number of sulfone groups is 1. The molecule has 20 heavy (non-hydrogen) atoms. The van der Waals surface area contributed by atoms with Crippen LogP contribution in [0.2, 0.25) is 0 Å². The second-order valence-corrected chi connectivity index (χ2v) is 7.31. The van der Waals surface area contributed by atoms with Crippen molar-refractivity contribution in [1.29, 1.82) is 0 Å². The van der Waals surface area contributed by atoms with Gasteiger partial charge in [0, 0.05) is 23.8 Å². The highest BCUT2D eigenvalue weighted by Gasteiger charge is 2.23. The van der Waals surface area contributed by atoms with Crippen LogP contribution in [0.1, 0.15) is 30.1 Å². The number of hydrogen-bond donors (Lipinski definition) is 2. The van der Waals surface area contributed by atoms with E-state index in [1.165, 1.54) is 0 Å². The molecule has 0 unspecified atom stereocenters. The van der Waals surface area contributed by atoms with Crippen LogP contribution < -0.4 is 10.6 Å². The third-order valence-electron chi connectivity index (χ3n) is 3.39. The Morgan fingerprint density at radius 3 is 2.65 bits per heavy atom. The lowest BCUT2D eigenvalue weighted by Crippen LogP contribution is -2.32. The van der Waals surface area contributed by atoms with Crippen LogP contribution in [0.3, 0.4) is 0 Å². The molecule has 1 aliphatic heterocycles. The quantitative estimate of drug-likeness (QED) is 0.881. The number of benzene rings is 1. The second-order valence-electron chi connectivity index (χ2n) is 5.01. The molecule has 2 N–H and O–H groups in total. The largest absolute Gasteiger partial charge is 0.382 e. The zero-order valence-electron chi connectivity index (χ0n) is 11.6. The molecular weight excluding hydrogens is 276 g/mol. The summed E-state index contributed by atoms with van der Waals surface area (Å²) in [5.74, 6) is 0.379. The normalized spacial score (nSPS) is 18.4. The fraction of sp³-hybridized carbons (Fsp3) is 0.500. The SMILES string of the molecule is CCNC(=O)c1cccc(NC2CCS(=O)(=O)CC2)c1. The van der Waals surface area contributed by atoms with Crippen molar-refractivity contribution in [3.05, 3.63) is 29.8 Å². The molecule has 0 bridgehead atoms. The van der Waals surface area contributed by atoms with E-state index in [1.54, 1.807) is 12.1 Å². The van der Waals surface area contributed by atoms with Crippen molar-refractivity contribution in [3.63, 3.8) is 0 Å². The van der Waals surface area contributed by atoms with E-state index in [1.807, 2.05) is 19.1 Å². The van der Waals surface area contributed by atoms with Gasteiger partial charge in [-0.2, -0.15) is 0 Å². The zero-order chi connectivity index (χ0) is 14.6. The van der Waals surface area contributed by atoms with Crippen LogP contribution in [-0.2, 0) is 9.84 Å². The average Bonchev–Trinajstić information content (AvgIpc) is 2.42. The van der Waals surface area contributed by atoms with Gasteiger partial charge in [-0.25, -0.2) is 8.42 Å². The Kier molecular flexibility index (Phi) is 4.65.